The van der Waals surface area contributed by atoms with E-state index in [2.05, 4.69) is 10.6 Å². The van der Waals surface area contributed by atoms with Crippen LogP contribution < -0.4 is 16.4 Å². The molecule has 6 rings (SSSR count). The zero-order valence-electron chi connectivity index (χ0n) is 25.0. The fourth-order valence-corrected chi connectivity index (χ4v) is 7.33. The number of anilines is 2. The predicted octanol–water partition coefficient (Wildman–Crippen LogP) is 2.29. The van der Waals surface area contributed by atoms with Crippen molar-refractivity contribution in [2.75, 3.05) is 24.7 Å². The summed E-state index contributed by atoms with van der Waals surface area (Å²) in [5.74, 6) is -10.00. The third kappa shape index (κ3) is 4.20. The number of nitrogens with zero attached hydrogens (tertiary/aromatic N) is 1. The smallest absolute Gasteiger partial charge is 0.323 e. The number of aliphatic hydroxyl groups is 4. The number of fused-ring (bicyclic) bond motifs is 4. The number of ketones is 2. The molecule has 6 unspecified atom stereocenters. The van der Waals surface area contributed by atoms with Crippen LogP contribution in [0.2, 0.25) is 0 Å². The summed E-state index contributed by atoms with van der Waals surface area (Å²) < 4.78 is 0. The number of phenolic OH excluding ortho intramolecular Hbond substituents is 1. The zero-order chi connectivity index (χ0) is 33.4. The third-order valence-corrected chi connectivity index (χ3v) is 9.42. The molecule has 0 saturated heterocycles. The molecule has 0 spiro atoms. The largest absolute Gasteiger partial charge is 0.508 e. The summed E-state index contributed by atoms with van der Waals surface area (Å²) in [7, 11) is 2.87. The van der Waals surface area contributed by atoms with Crippen molar-refractivity contribution in [1.82, 2.24) is 4.90 Å². The Bertz CT molecular complexity index is 1930. The van der Waals surface area contributed by atoms with E-state index < -0.39 is 87.4 Å². The van der Waals surface area contributed by atoms with E-state index >= 15 is 0 Å². The van der Waals surface area contributed by atoms with Crippen molar-refractivity contribution in [2.45, 2.75) is 30.6 Å². The summed E-state index contributed by atoms with van der Waals surface area (Å²) in [6.45, 7) is 1.62. The van der Waals surface area contributed by atoms with Gasteiger partial charge in [0.25, 0.3) is 5.91 Å². The number of aliphatic hydroxyl groups excluding tert-OH is 3. The Morgan fingerprint density at radius 1 is 0.935 bits per heavy atom. The predicted molar refractivity (Wildman–Crippen MR) is 167 cm³/mol. The molecular weight excluding hydrogens is 596 g/mol. The fraction of sp³-hybridized carbons (Fsp3) is 0.273. The fourth-order valence-electron chi connectivity index (χ4n) is 7.33. The number of benzene rings is 3. The summed E-state index contributed by atoms with van der Waals surface area (Å²) in [6, 6.07) is 13.5. The summed E-state index contributed by atoms with van der Waals surface area (Å²) >= 11 is 0. The number of hydrogen-bond donors (Lipinski definition) is 8. The molecule has 6 atom stereocenters. The van der Waals surface area contributed by atoms with E-state index in [1.807, 2.05) is 30.3 Å². The number of rotatable bonds is 4. The number of primary amides is 1. The van der Waals surface area contributed by atoms with Gasteiger partial charge in [-0.1, -0.05) is 49.4 Å². The number of nitrogens with two attached hydrogens (primary N) is 1. The number of hydrogen-bond acceptors (Lipinski definition) is 10. The molecule has 46 heavy (non-hydrogen) atoms. The van der Waals surface area contributed by atoms with Gasteiger partial charge in [-0.2, -0.15) is 0 Å². The number of carbonyl (C=O) groups excluding carboxylic acids is 4. The van der Waals surface area contributed by atoms with Crippen LogP contribution in [0.25, 0.3) is 16.5 Å². The summed E-state index contributed by atoms with van der Waals surface area (Å²) in [5, 5.41) is 64.4. The topological polar surface area (TPSA) is 223 Å². The van der Waals surface area contributed by atoms with Crippen LogP contribution in [0.15, 0.2) is 71.5 Å². The Kier molecular flexibility index (Phi) is 7.15. The number of amides is 3. The number of aromatic hydroxyl groups is 1. The molecule has 13 nitrogen and oxygen atoms in total. The third-order valence-electron chi connectivity index (χ3n) is 9.42. The molecule has 1 fully saturated rings. The van der Waals surface area contributed by atoms with Gasteiger partial charge in [-0.3, -0.25) is 19.3 Å². The van der Waals surface area contributed by atoms with E-state index in [1.165, 1.54) is 31.1 Å². The molecule has 3 aliphatic rings. The molecule has 3 amide bonds. The van der Waals surface area contributed by atoms with Crippen LogP contribution in [0.4, 0.5) is 16.2 Å². The van der Waals surface area contributed by atoms with Crippen LogP contribution in [-0.2, 0) is 14.4 Å². The zero-order valence-corrected chi connectivity index (χ0v) is 25.0. The first kappa shape index (κ1) is 30.8. The Labute approximate surface area is 262 Å². The summed E-state index contributed by atoms with van der Waals surface area (Å²) in [6.07, 6.45) is -1.71. The van der Waals surface area contributed by atoms with Crippen LogP contribution in [0.3, 0.4) is 0 Å². The second-order valence-electron chi connectivity index (χ2n) is 12.1. The Hall–Kier alpha value is -5.24. The van der Waals surface area contributed by atoms with Crippen molar-refractivity contribution in [3.8, 4) is 5.75 Å². The molecule has 0 bridgehead atoms. The van der Waals surface area contributed by atoms with Crippen LogP contribution in [0.1, 0.15) is 24.0 Å². The maximum Gasteiger partial charge on any atom is 0.323 e. The first-order valence-electron chi connectivity index (χ1n) is 14.5. The van der Waals surface area contributed by atoms with Gasteiger partial charge in [0.1, 0.15) is 22.8 Å². The number of nitrogens with one attached hydrogen (secondary N) is 2. The molecule has 13 heteroatoms. The lowest BCUT2D eigenvalue weighted by Crippen LogP contribution is -2.70. The number of carbonyl (C=O) groups is 4. The number of urea groups is 1. The molecule has 3 aromatic carbocycles. The van der Waals surface area contributed by atoms with Gasteiger partial charge in [-0.05, 0) is 43.1 Å². The molecule has 0 radical (unpaired) electrons. The first-order valence-corrected chi connectivity index (χ1v) is 14.5. The standard InChI is InChI=1S/C33H32N4O9/c1-13-15-11-12-18(36-32(45)35-17-10-6-8-14-7-4-5-9-16(14)17)25(38)20(15)26(39)21-19(13)27(40)23-24(37(2)3)28(41)22(31(34)44)30(43)33(23,46)29(21)42/h4-13,19,23-24,27,38-40,43,46H,1-3H3,(H2,34,44)(H2,35,36,45). The van der Waals surface area contributed by atoms with Gasteiger partial charge < -0.3 is 41.9 Å². The minimum absolute atomic E-state index is 0.121. The summed E-state index contributed by atoms with van der Waals surface area (Å²) in [4.78, 5) is 54.0. The number of likely N-dealkylation sites (N-methyl/N-ethyl adjacent to an activating group) is 1. The second-order valence-corrected chi connectivity index (χ2v) is 12.1. The molecule has 1 saturated carbocycles. The van der Waals surface area contributed by atoms with Gasteiger partial charge in [0, 0.05) is 16.9 Å². The lowest BCUT2D eigenvalue weighted by Gasteiger charge is -2.53. The van der Waals surface area contributed by atoms with Crippen molar-refractivity contribution in [1.29, 1.82) is 0 Å². The Morgan fingerprint density at radius 2 is 1.59 bits per heavy atom. The SMILES string of the molecule is CC1c2ccc(NC(=O)Nc3cccc4ccccc34)c(O)c2C(O)=C2C(=O)C3(O)C(O)=C(C(N)=O)C(=O)C(N(C)C)C3C(O)C21. The molecule has 0 aliphatic heterocycles. The maximum atomic E-state index is 14.1. The van der Waals surface area contributed by atoms with Crippen LogP contribution >= 0.6 is 0 Å². The highest BCUT2D eigenvalue weighted by molar-refractivity contribution is 6.24. The average Bonchev–Trinajstić information content (AvgIpc) is 3.00. The molecule has 3 aromatic rings. The van der Waals surface area contributed by atoms with Crippen molar-refractivity contribution >= 4 is 51.4 Å². The van der Waals surface area contributed by atoms with E-state index in [-0.39, 0.29) is 11.3 Å². The highest BCUT2D eigenvalue weighted by Crippen LogP contribution is 2.56. The Balaban J connectivity index is 1.43. The molecule has 0 aromatic heterocycles. The minimum atomic E-state index is -3.02. The monoisotopic (exact) mass is 628 g/mol. The van der Waals surface area contributed by atoms with Gasteiger partial charge >= 0.3 is 6.03 Å². The molecule has 0 heterocycles. The number of phenols is 1. The van der Waals surface area contributed by atoms with Gasteiger partial charge in [0.15, 0.2) is 11.4 Å². The maximum absolute atomic E-state index is 14.1. The van der Waals surface area contributed by atoms with E-state index in [4.69, 9.17) is 5.73 Å². The van der Waals surface area contributed by atoms with E-state index in [0.29, 0.717) is 11.3 Å². The van der Waals surface area contributed by atoms with Crippen LogP contribution in [-0.4, -0.2) is 85.8 Å². The van der Waals surface area contributed by atoms with Gasteiger partial charge in [-0.15, -0.1) is 0 Å². The van der Waals surface area contributed by atoms with Crippen LogP contribution in [0.5, 0.6) is 5.75 Å². The van der Waals surface area contributed by atoms with Gasteiger partial charge in [-0.25, -0.2) is 4.79 Å². The van der Waals surface area contributed by atoms with Crippen molar-refractivity contribution < 1.29 is 44.7 Å². The highest BCUT2D eigenvalue weighted by Gasteiger charge is 2.68. The van der Waals surface area contributed by atoms with Gasteiger partial charge in [0.05, 0.1) is 35.0 Å². The quantitative estimate of drug-likeness (QED) is 0.155. The lowest BCUT2D eigenvalue weighted by atomic mass is 9.54. The minimum Gasteiger partial charge on any atom is -0.508 e. The summed E-state index contributed by atoms with van der Waals surface area (Å²) in [5.41, 5.74) is 1.27. The molecule has 9 N–H and O–H groups in total. The Morgan fingerprint density at radius 3 is 2.26 bits per heavy atom. The average molecular weight is 629 g/mol. The molecular formula is C33H32N4O9. The highest BCUT2D eigenvalue weighted by atomic mass is 16.4. The van der Waals surface area contributed by atoms with Crippen LogP contribution in [0, 0.1) is 11.8 Å². The van der Waals surface area contributed by atoms with Crippen molar-refractivity contribution in [3.63, 3.8) is 0 Å². The van der Waals surface area contributed by atoms with E-state index in [0.717, 1.165) is 10.8 Å². The van der Waals surface area contributed by atoms with Crippen molar-refractivity contribution in [2.24, 2.45) is 17.6 Å². The van der Waals surface area contributed by atoms with E-state index in [1.54, 1.807) is 19.1 Å². The second kappa shape index (κ2) is 10.7. The molecule has 238 valence electrons. The molecule has 3 aliphatic carbocycles. The normalized spacial score (nSPS) is 27.3. The lowest BCUT2D eigenvalue weighted by molar-refractivity contribution is -0.169. The van der Waals surface area contributed by atoms with Gasteiger partial charge in [0.2, 0.25) is 5.78 Å². The van der Waals surface area contributed by atoms with E-state index in [9.17, 15) is 44.7 Å². The number of Topliss-reactive ketones (excluding diaryl/α,β-unsaturated/α-hetero) is 2. The van der Waals surface area contributed by atoms with Crippen molar-refractivity contribution in [3.05, 3.63) is 82.6 Å². The first-order chi connectivity index (χ1) is 21.7.